The number of pyridine rings is 2. The SMILES string of the molecule is NS(=O)(=O)c1cncc(-c2cc3cccc(-c4ccccc4)c3c(N[C@H]3CCN(Cc4ccccc4)C3)n2)c1. The summed E-state index contributed by atoms with van der Waals surface area (Å²) in [5.41, 5.74) is 4.72. The standard InChI is InChI=1S/C31H29N5O2S/c32-39(37,38)27-16-25(18-33-19-27)29-17-24-12-7-13-28(23-10-5-2-6-11-23)30(24)31(35-29)34-26-14-15-36(21-26)20-22-8-3-1-4-9-22/h1-13,16-19,26H,14-15,20-21H2,(H,34,35)(H2,32,37,38)/t26-/m0/s1. The molecule has 0 aliphatic carbocycles. The normalized spacial score (nSPS) is 16.0. The monoisotopic (exact) mass is 535 g/mol. The Labute approximate surface area is 228 Å². The van der Waals surface area contributed by atoms with Crippen LogP contribution in [-0.2, 0) is 16.6 Å². The van der Waals surface area contributed by atoms with Gasteiger partial charge in [0.1, 0.15) is 10.7 Å². The molecule has 0 spiro atoms. The van der Waals surface area contributed by atoms with Crippen molar-refractivity contribution in [2.75, 3.05) is 18.4 Å². The number of rotatable bonds is 7. The number of benzene rings is 3. The van der Waals surface area contributed by atoms with Crippen LogP contribution < -0.4 is 10.5 Å². The Morgan fingerprint density at radius 1 is 0.897 bits per heavy atom. The summed E-state index contributed by atoms with van der Waals surface area (Å²) in [5.74, 6) is 0.773. The van der Waals surface area contributed by atoms with Gasteiger partial charge in [-0.1, -0.05) is 78.9 Å². The van der Waals surface area contributed by atoms with E-state index in [-0.39, 0.29) is 10.9 Å². The molecule has 0 saturated carbocycles. The molecule has 0 bridgehead atoms. The Morgan fingerprint density at radius 3 is 2.44 bits per heavy atom. The molecule has 7 nitrogen and oxygen atoms in total. The third-order valence-corrected chi connectivity index (χ3v) is 8.02. The van der Waals surface area contributed by atoms with Gasteiger partial charge in [-0.25, -0.2) is 18.5 Å². The minimum Gasteiger partial charge on any atom is -0.365 e. The molecule has 3 heterocycles. The lowest BCUT2D eigenvalue weighted by Gasteiger charge is -2.20. The van der Waals surface area contributed by atoms with E-state index >= 15 is 0 Å². The Morgan fingerprint density at radius 2 is 1.67 bits per heavy atom. The summed E-state index contributed by atoms with van der Waals surface area (Å²) in [4.78, 5) is 11.6. The number of primary sulfonamides is 1. The molecule has 196 valence electrons. The number of hydrogen-bond acceptors (Lipinski definition) is 6. The molecule has 1 aliphatic rings. The van der Waals surface area contributed by atoms with E-state index < -0.39 is 10.0 Å². The van der Waals surface area contributed by atoms with Gasteiger partial charge in [-0.05, 0) is 40.6 Å². The Bertz CT molecular complexity index is 1730. The molecule has 5 aromatic rings. The highest BCUT2D eigenvalue weighted by atomic mass is 32.2. The van der Waals surface area contributed by atoms with Crippen LogP contribution >= 0.6 is 0 Å². The van der Waals surface area contributed by atoms with Gasteiger partial charge in [0, 0.05) is 49.0 Å². The number of hydrogen-bond donors (Lipinski definition) is 2. The van der Waals surface area contributed by atoms with Crippen molar-refractivity contribution in [1.82, 2.24) is 14.9 Å². The lowest BCUT2D eigenvalue weighted by Crippen LogP contribution is -2.26. The van der Waals surface area contributed by atoms with E-state index in [0.717, 1.165) is 53.8 Å². The number of nitrogens with one attached hydrogen (secondary N) is 1. The predicted octanol–water partition coefficient (Wildman–Crippen LogP) is 5.30. The largest absolute Gasteiger partial charge is 0.365 e. The van der Waals surface area contributed by atoms with Gasteiger partial charge in [0.25, 0.3) is 0 Å². The molecular weight excluding hydrogens is 506 g/mol. The summed E-state index contributed by atoms with van der Waals surface area (Å²) in [6.45, 7) is 2.81. The van der Waals surface area contributed by atoms with E-state index in [9.17, 15) is 8.42 Å². The van der Waals surface area contributed by atoms with Gasteiger partial charge in [0.05, 0.1) is 5.69 Å². The molecule has 6 rings (SSSR count). The molecular formula is C31H29N5O2S. The molecule has 0 radical (unpaired) electrons. The zero-order valence-electron chi connectivity index (χ0n) is 21.4. The summed E-state index contributed by atoms with van der Waals surface area (Å²) >= 11 is 0. The number of anilines is 1. The minimum absolute atomic E-state index is 0.0400. The first-order valence-electron chi connectivity index (χ1n) is 12.9. The molecule has 2 aromatic heterocycles. The van der Waals surface area contributed by atoms with Crippen molar-refractivity contribution in [2.45, 2.75) is 23.9 Å². The van der Waals surface area contributed by atoms with Gasteiger partial charge in [-0.15, -0.1) is 0 Å². The second-order valence-electron chi connectivity index (χ2n) is 9.93. The number of nitrogens with zero attached hydrogens (tertiary/aromatic N) is 3. The highest BCUT2D eigenvalue weighted by Crippen LogP contribution is 2.36. The lowest BCUT2D eigenvalue weighted by molar-refractivity contribution is 0.328. The molecule has 3 aromatic carbocycles. The predicted molar refractivity (Wildman–Crippen MR) is 156 cm³/mol. The van der Waals surface area contributed by atoms with Crippen LogP contribution in [0.25, 0.3) is 33.2 Å². The number of likely N-dealkylation sites (tertiary alicyclic amines) is 1. The van der Waals surface area contributed by atoms with Crippen molar-refractivity contribution in [3.05, 3.63) is 109 Å². The number of sulfonamides is 1. The molecule has 3 N–H and O–H groups in total. The van der Waals surface area contributed by atoms with E-state index in [0.29, 0.717) is 11.3 Å². The van der Waals surface area contributed by atoms with Crippen molar-refractivity contribution in [3.63, 3.8) is 0 Å². The summed E-state index contributed by atoms with van der Waals surface area (Å²) in [7, 11) is -3.89. The first kappa shape index (κ1) is 25.2. The Kier molecular flexibility index (Phi) is 6.83. The second-order valence-corrected chi connectivity index (χ2v) is 11.5. The highest BCUT2D eigenvalue weighted by Gasteiger charge is 2.24. The van der Waals surface area contributed by atoms with E-state index in [2.05, 4.69) is 63.7 Å². The van der Waals surface area contributed by atoms with Gasteiger partial charge in [0.2, 0.25) is 10.0 Å². The van der Waals surface area contributed by atoms with Crippen LogP contribution in [0.2, 0.25) is 0 Å². The molecule has 0 unspecified atom stereocenters. The molecule has 1 aliphatic heterocycles. The van der Waals surface area contributed by atoms with Crippen LogP contribution in [-0.4, -0.2) is 42.4 Å². The fraction of sp³-hybridized carbons (Fsp3) is 0.161. The third kappa shape index (κ3) is 5.54. The minimum atomic E-state index is -3.89. The molecule has 0 amide bonds. The van der Waals surface area contributed by atoms with Crippen LogP contribution in [0.5, 0.6) is 0 Å². The van der Waals surface area contributed by atoms with E-state index in [1.165, 1.54) is 17.8 Å². The van der Waals surface area contributed by atoms with Crippen molar-refractivity contribution in [3.8, 4) is 22.4 Å². The Hall–Kier alpha value is -4.11. The maximum Gasteiger partial charge on any atom is 0.239 e. The topological polar surface area (TPSA) is 101 Å². The summed E-state index contributed by atoms with van der Waals surface area (Å²) in [6, 6.07) is 30.7. The summed E-state index contributed by atoms with van der Waals surface area (Å²) in [5, 5.41) is 11.2. The van der Waals surface area contributed by atoms with Crippen LogP contribution in [0.15, 0.2) is 108 Å². The van der Waals surface area contributed by atoms with Crippen LogP contribution in [0.3, 0.4) is 0 Å². The van der Waals surface area contributed by atoms with E-state index in [1.54, 1.807) is 6.20 Å². The smallest absolute Gasteiger partial charge is 0.239 e. The maximum absolute atomic E-state index is 12.0. The van der Waals surface area contributed by atoms with E-state index in [4.69, 9.17) is 10.1 Å². The van der Waals surface area contributed by atoms with E-state index in [1.807, 2.05) is 36.4 Å². The van der Waals surface area contributed by atoms with Crippen LogP contribution in [0.1, 0.15) is 12.0 Å². The highest BCUT2D eigenvalue weighted by molar-refractivity contribution is 7.89. The fourth-order valence-corrected chi connectivity index (χ4v) is 5.76. The van der Waals surface area contributed by atoms with Crippen LogP contribution in [0, 0.1) is 0 Å². The van der Waals surface area contributed by atoms with Gasteiger partial charge < -0.3 is 5.32 Å². The number of aromatic nitrogens is 2. The van der Waals surface area contributed by atoms with Crippen molar-refractivity contribution < 1.29 is 8.42 Å². The van der Waals surface area contributed by atoms with Gasteiger partial charge in [-0.2, -0.15) is 0 Å². The first-order valence-corrected chi connectivity index (χ1v) is 14.5. The fourth-order valence-electron chi connectivity index (χ4n) is 5.26. The van der Waals surface area contributed by atoms with Gasteiger partial charge in [0.15, 0.2) is 0 Å². The number of nitrogens with two attached hydrogens (primary N) is 1. The molecule has 1 saturated heterocycles. The van der Waals surface area contributed by atoms with Crippen molar-refractivity contribution in [2.24, 2.45) is 5.14 Å². The van der Waals surface area contributed by atoms with Crippen molar-refractivity contribution >= 4 is 26.6 Å². The van der Waals surface area contributed by atoms with Gasteiger partial charge in [-0.3, -0.25) is 9.88 Å². The lowest BCUT2D eigenvalue weighted by atomic mass is 9.97. The molecule has 39 heavy (non-hydrogen) atoms. The Balaban J connectivity index is 1.41. The first-order chi connectivity index (χ1) is 18.9. The average molecular weight is 536 g/mol. The third-order valence-electron chi connectivity index (χ3n) is 7.14. The summed E-state index contributed by atoms with van der Waals surface area (Å²) < 4.78 is 24.0. The zero-order chi connectivity index (χ0) is 26.8. The quantitative estimate of drug-likeness (QED) is 0.293. The molecule has 8 heteroatoms. The molecule has 1 fully saturated rings. The van der Waals surface area contributed by atoms with Crippen molar-refractivity contribution in [1.29, 1.82) is 0 Å². The molecule has 1 atom stereocenters. The zero-order valence-corrected chi connectivity index (χ0v) is 22.2. The average Bonchev–Trinajstić information content (AvgIpc) is 3.39. The van der Waals surface area contributed by atoms with Gasteiger partial charge >= 0.3 is 0 Å². The summed E-state index contributed by atoms with van der Waals surface area (Å²) in [6.07, 6.45) is 3.87. The number of fused-ring (bicyclic) bond motifs is 1. The second kappa shape index (κ2) is 10.6. The maximum atomic E-state index is 12.0. The van der Waals surface area contributed by atoms with Crippen LogP contribution in [0.4, 0.5) is 5.82 Å².